The number of rotatable bonds is 2. The molecule has 1 aliphatic carbocycles. The Balaban J connectivity index is 0.000000184. The Morgan fingerprint density at radius 3 is 2.39 bits per heavy atom. The molecule has 102 valence electrons. The molecule has 0 aromatic heterocycles. The molecule has 0 saturated heterocycles. The molecule has 1 aromatic carbocycles. The maximum absolute atomic E-state index is 5.52. The minimum Gasteiger partial charge on any atom is -0.399 e. The van der Waals surface area contributed by atoms with Gasteiger partial charge in [-0.2, -0.15) is 0 Å². The Hall–Kier alpha value is -1.02. The van der Waals surface area contributed by atoms with Crippen LogP contribution in [-0.2, 0) is 0 Å². The molecule has 3 N–H and O–H groups in total. The van der Waals surface area contributed by atoms with Crippen LogP contribution in [0.1, 0.15) is 45.1 Å². The van der Waals surface area contributed by atoms with E-state index in [2.05, 4.69) is 19.2 Å². The first-order chi connectivity index (χ1) is 8.65. The number of nitrogens with one attached hydrogen (secondary N) is 1. The van der Waals surface area contributed by atoms with E-state index in [0.29, 0.717) is 0 Å². The Morgan fingerprint density at radius 1 is 1.22 bits per heavy atom. The lowest BCUT2D eigenvalue weighted by atomic mass is 9.86. The van der Waals surface area contributed by atoms with Crippen LogP contribution in [0, 0.1) is 12.8 Å². The summed E-state index contributed by atoms with van der Waals surface area (Å²) in [5.41, 5.74) is 7.53. The third-order valence-electron chi connectivity index (χ3n) is 3.77. The number of anilines is 1. The van der Waals surface area contributed by atoms with Crippen molar-refractivity contribution >= 4 is 5.69 Å². The molecule has 0 bridgehead atoms. The Morgan fingerprint density at radius 2 is 1.89 bits per heavy atom. The zero-order valence-electron chi connectivity index (χ0n) is 12.1. The number of nitrogens with two attached hydrogens (primary N) is 1. The maximum atomic E-state index is 5.52. The van der Waals surface area contributed by atoms with E-state index < -0.39 is 0 Å². The van der Waals surface area contributed by atoms with Crippen LogP contribution in [0.15, 0.2) is 24.3 Å². The second-order valence-corrected chi connectivity index (χ2v) is 5.28. The first-order valence-electron chi connectivity index (χ1n) is 7.19. The number of benzene rings is 1. The molecule has 2 nitrogen and oxygen atoms in total. The predicted molar refractivity (Wildman–Crippen MR) is 80.7 cm³/mol. The van der Waals surface area contributed by atoms with Crippen molar-refractivity contribution in [1.29, 1.82) is 0 Å². The average molecular weight is 248 g/mol. The van der Waals surface area contributed by atoms with Crippen LogP contribution >= 0.6 is 0 Å². The molecule has 1 saturated carbocycles. The lowest BCUT2D eigenvalue weighted by Gasteiger charge is -2.29. The van der Waals surface area contributed by atoms with Gasteiger partial charge in [-0.1, -0.05) is 44.9 Å². The molecule has 0 heterocycles. The molecule has 2 heteroatoms. The third kappa shape index (κ3) is 5.09. The number of para-hydroxylation sites is 1. The van der Waals surface area contributed by atoms with Crippen molar-refractivity contribution in [1.82, 2.24) is 5.32 Å². The second kappa shape index (κ2) is 8.15. The van der Waals surface area contributed by atoms with E-state index in [4.69, 9.17) is 5.73 Å². The molecule has 2 rings (SSSR count). The van der Waals surface area contributed by atoms with Crippen molar-refractivity contribution in [2.45, 2.75) is 52.5 Å². The number of aryl methyl sites for hydroxylation is 1. The third-order valence-corrected chi connectivity index (χ3v) is 3.77. The normalized spacial score (nSPS) is 23.1. The highest BCUT2D eigenvalue weighted by Gasteiger charge is 2.19. The zero-order valence-corrected chi connectivity index (χ0v) is 12.1. The topological polar surface area (TPSA) is 38.0 Å². The van der Waals surface area contributed by atoms with Crippen molar-refractivity contribution < 1.29 is 0 Å². The molecule has 0 spiro atoms. The summed E-state index contributed by atoms with van der Waals surface area (Å²) in [4.78, 5) is 0. The van der Waals surface area contributed by atoms with E-state index in [1.54, 1.807) is 0 Å². The molecular formula is C16H28N2. The van der Waals surface area contributed by atoms with Gasteiger partial charge in [0.25, 0.3) is 0 Å². The highest BCUT2D eigenvalue weighted by Crippen LogP contribution is 2.23. The highest BCUT2D eigenvalue weighted by molar-refractivity contribution is 5.44. The van der Waals surface area contributed by atoms with E-state index in [1.165, 1.54) is 25.7 Å². The van der Waals surface area contributed by atoms with Crippen molar-refractivity contribution in [2.75, 3.05) is 12.3 Å². The fourth-order valence-corrected chi connectivity index (χ4v) is 2.47. The Labute approximate surface area is 112 Å². The van der Waals surface area contributed by atoms with Crippen LogP contribution in [0.4, 0.5) is 5.69 Å². The van der Waals surface area contributed by atoms with Crippen molar-refractivity contribution in [2.24, 2.45) is 5.92 Å². The van der Waals surface area contributed by atoms with Crippen LogP contribution in [0.5, 0.6) is 0 Å². The van der Waals surface area contributed by atoms with Crippen LogP contribution in [0.2, 0.25) is 0 Å². The van der Waals surface area contributed by atoms with E-state index >= 15 is 0 Å². The summed E-state index contributed by atoms with van der Waals surface area (Å²) in [6.07, 6.45) is 5.71. The number of hydrogen-bond acceptors (Lipinski definition) is 2. The molecule has 1 aliphatic rings. The van der Waals surface area contributed by atoms with Gasteiger partial charge in [0, 0.05) is 11.7 Å². The molecule has 0 aliphatic heterocycles. The fraction of sp³-hybridized carbons (Fsp3) is 0.625. The largest absolute Gasteiger partial charge is 0.399 e. The van der Waals surface area contributed by atoms with Crippen LogP contribution < -0.4 is 11.1 Å². The summed E-state index contributed by atoms with van der Waals surface area (Å²) >= 11 is 0. The second-order valence-electron chi connectivity index (χ2n) is 5.28. The molecule has 0 radical (unpaired) electrons. The minimum absolute atomic E-state index is 0.818. The summed E-state index contributed by atoms with van der Waals surface area (Å²) in [5.74, 6) is 0.911. The van der Waals surface area contributed by atoms with Gasteiger partial charge < -0.3 is 11.1 Å². The predicted octanol–water partition coefficient (Wildman–Crippen LogP) is 3.75. The van der Waals surface area contributed by atoms with Crippen LogP contribution in [0.3, 0.4) is 0 Å². The lowest BCUT2D eigenvalue weighted by molar-refractivity contribution is 0.285. The molecular weight excluding hydrogens is 220 g/mol. The van der Waals surface area contributed by atoms with E-state index in [1.807, 2.05) is 31.2 Å². The Kier molecular flexibility index (Phi) is 6.81. The van der Waals surface area contributed by atoms with E-state index in [-0.39, 0.29) is 0 Å². The summed E-state index contributed by atoms with van der Waals surface area (Å²) in [7, 11) is 0. The molecule has 18 heavy (non-hydrogen) atoms. The van der Waals surface area contributed by atoms with Crippen molar-refractivity contribution in [3.05, 3.63) is 29.8 Å². The highest BCUT2D eigenvalue weighted by atomic mass is 14.9. The minimum atomic E-state index is 0.818. The zero-order chi connectivity index (χ0) is 13.4. The first kappa shape index (κ1) is 15.0. The van der Waals surface area contributed by atoms with Crippen LogP contribution in [0.25, 0.3) is 0 Å². The van der Waals surface area contributed by atoms with Crippen LogP contribution in [-0.4, -0.2) is 12.6 Å². The van der Waals surface area contributed by atoms with Gasteiger partial charge in [0.1, 0.15) is 0 Å². The summed E-state index contributed by atoms with van der Waals surface area (Å²) in [6, 6.07) is 8.62. The SMILES string of the molecule is CCNC1CCCCC1C.Cc1ccccc1N. The van der Waals surface area contributed by atoms with Gasteiger partial charge >= 0.3 is 0 Å². The summed E-state index contributed by atoms with van der Waals surface area (Å²) < 4.78 is 0. The van der Waals surface area contributed by atoms with Gasteiger partial charge in [-0.3, -0.25) is 0 Å². The number of hydrogen-bond donors (Lipinski definition) is 2. The van der Waals surface area contributed by atoms with Gasteiger partial charge in [0.2, 0.25) is 0 Å². The molecule has 1 fully saturated rings. The van der Waals surface area contributed by atoms with Gasteiger partial charge in [-0.15, -0.1) is 0 Å². The average Bonchev–Trinajstić information content (AvgIpc) is 2.37. The first-order valence-corrected chi connectivity index (χ1v) is 7.19. The summed E-state index contributed by atoms with van der Waals surface area (Å²) in [5, 5.41) is 3.53. The van der Waals surface area contributed by atoms with Crippen molar-refractivity contribution in [3.63, 3.8) is 0 Å². The number of nitrogen functional groups attached to an aromatic ring is 1. The van der Waals surface area contributed by atoms with Gasteiger partial charge in [-0.05, 0) is 43.9 Å². The monoisotopic (exact) mass is 248 g/mol. The van der Waals surface area contributed by atoms with Gasteiger partial charge in [0.05, 0.1) is 0 Å². The molecule has 2 atom stereocenters. The quantitative estimate of drug-likeness (QED) is 0.782. The van der Waals surface area contributed by atoms with E-state index in [0.717, 1.165) is 29.8 Å². The fourth-order valence-electron chi connectivity index (χ4n) is 2.47. The smallest absolute Gasteiger partial charge is 0.0343 e. The lowest BCUT2D eigenvalue weighted by Crippen LogP contribution is -2.36. The standard InChI is InChI=1S/C9H19N.C7H9N/c1-3-10-9-7-5-4-6-8(9)2;1-6-4-2-3-5-7(6)8/h8-10H,3-7H2,1-2H3;2-5H,8H2,1H3. The Bertz CT molecular complexity index is 313. The van der Waals surface area contributed by atoms with Crippen molar-refractivity contribution in [3.8, 4) is 0 Å². The van der Waals surface area contributed by atoms with Gasteiger partial charge in [0.15, 0.2) is 0 Å². The van der Waals surface area contributed by atoms with Gasteiger partial charge in [-0.25, -0.2) is 0 Å². The maximum Gasteiger partial charge on any atom is 0.0343 e. The molecule has 2 unspecified atom stereocenters. The van der Waals surface area contributed by atoms with E-state index in [9.17, 15) is 0 Å². The molecule has 1 aromatic rings. The summed E-state index contributed by atoms with van der Waals surface area (Å²) in [6.45, 7) is 7.69. The molecule has 0 amide bonds.